The summed E-state index contributed by atoms with van der Waals surface area (Å²) in [6.07, 6.45) is 6.65. The van der Waals surface area contributed by atoms with Gasteiger partial charge in [-0.05, 0) is 55.0 Å². The van der Waals surface area contributed by atoms with Gasteiger partial charge in [0.05, 0.1) is 40.1 Å². The minimum absolute atomic E-state index is 0.305. The van der Waals surface area contributed by atoms with Crippen molar-refractivity contribution < 1.29 is 4.39 Å². The third-order valence-corrected chi connectivity index (χ3v) is 6.62. The normalized spacial score (nSPS) is 14.1. The lowest BCUT2D eigenvalue weighted by Gasteiger charge is -2.20. The first-order valence-electron chi connectivity index (χ1n) is 12.1. The molecule has 0 amide bonds. The Morgan fingerprint density at radius 3 is 2.69 bits per heavy atom. The molecule has 0 aliphatic heterocycles. The summed E-state index contributed by atoms with van der Waals surface area (Å²) >= 11 is 6.67. The second kappa shape index (κ2) is 10.1. The summed E-state index contributed by atoms with van der Waals surface area (Å²) < 4.78 is 15.6. The molecule has 1 atom stereocenters. The summed E-state index contributed by atoms with van der Waals surface area (Å²) in [4.78, 5) is 4.44. The third-order valence-electron chi connectivity index (χ3n) is 6.33. The van der Waals surface area contributed by atoms with Crippen LogP contribution in [0, 0.1) is 23.1 Å². The fourth-order valence-corrected chi connectivity index (χ4v) is 4.46. The van der Waals surface area contributed by atoms with Crippen molar-refractivity contribution in [2.45, 2.75) is 45.2 Å². The van der Waals surface area contributed by atoms with Crippen molar-refractivity contribution in [3.8, 4) is 6.07 Å². The molecular formula is C27H27ClFN7. The van der Waals surface area contributed by atoms with Gasteiger partial charge in [0.2, 0.25) is 0 Å². The molecule has 1 aliphatic carbocycles. The minimum atomic E-state index is -0.379. The van der Waals surface area contributed by atoms with E-state index in [1.54, 1.807) is 18.3 Å². The second-order valence-corrected chi connectivity index (χ2v) is 10.0. The number of halogens is 2. The lowest BCUT2D eigenvalue weighted by Crippen LogP contribution is -2.13. The van der Waals surface area contributed by atoms with Gasteiger partial charge in [0.1, 0.15) is 17.6 Å². The number of benzene rings is 2. The predicted octanol–water partition coefficient (Wildman–Crippen LogP) is 6.48. The van der Waals surface area contributed by atoms with Crippen LogP contribution in [0.15, 0.2) is 48.8 Å². The summed E-state index contributed by atoms with van der Waals surface area (Å²) in [5, 5.41) is 26.6. The SMILES string of the molecule is CC(C)CCNc1c(C#N)cnc2c(Cl)cc(NC(c3ccc(F)cc3)c3cn(C4CC4)nn3)cc12. The van der Waals surface area contributed by atoms with Gasteiger partial charge in [-0.3, -0.25) is 4.98 Å². The van der Waals surface area contributed by atoms with Gasteiger partial charge in [-0.15, -0.1) is 5.10 Å². The Balaban J connectivity index is 1.55. The number of hydrogen-bond acceptors (Lipinski definition) is 6. The van der Waals surface area contributed by atoms with Gasteiger partial charge in [0, 0.05) is 23.8 Å². The smallest absolute Gasteiger partial charge is 0.123 e. The summed E-state index contributed by atoms with van der Waals surface area (Å²) in [6, 6.07) is 12.3. The quantitative estimate of drug-likeness (QED) is 0.271. The van der Waals surface area contributed by atoms with Gasteiger partial charge >= 0.3 is 0 Å². The van der Waals surface area contributed by atoms with E-state index in [1.807, 2.05) is 23.0 Å². The Labute approximate surface area is 214 Å². The number of nitriles is 1. The zero-order chi connectivity index (χ0) is 25.2. The van der Waals surface area contributed by atoms with Crippen molar-refractivity contribution >= 4 is 33.9 Å². The molecular weight excluding hydrogens is 477 g/mol. The molecule has 1 unspecified atom stereocenters. The first kappa shape index (κ1) is 24.0. The molecule has 184 valence electrons. The number of rotatable bonds is 9. The molecule has 0 spiro atoms. The van der Waals surface area contributed by atoms with Crippen molar-refractivity contribution in [3.63, 3.8) is 0 Å². The van der Waals surface area contributed by atoms with Crippen LogP contribution in [0.3, 0.4) is 0 Å². The van der Waals surface area contributed by atoms with E-state index in [1.165, 1.54) is 12.1 Å². The second-order valence-electron chi connectivity index (χ2n) is 9.61. The molecule has 1 saturated carbocycles. The first-order valence-corrected chi connectivity index (χ1v) is 12.5. The molecule has 0 bridgehead atoms. The fraction of sp³-hybridized carbons (Fsp3) is 0.333. The molecule has 1 aliphatic rings. The highest BCUT2D eigenvalue weighted by molar-refractivity contribution is 6.35. The van der Waals surface area contributed by atoms with Crippen LogP contribution < -0.4 is 10.6 Å². The molecule has 7 nitrogen and oxygen atoms in total. The lowest BCUT2D eigenvalue weighted by molar-refractivity contribution is 0.607. The zero-order valence-electron chi connectivity index (χ0n) is 20.2. The minimum Gasteiger partial charge on any atom is -0.383 e. The molecule has 1 fully saturated rings. The molecule has 2 aromatic carbocycles. The third kappa shape index (κ3) is 5.12. The average Bonchev–Trinajstić information content (AvgIpc) is 3.60. The number of nitrogens with one attached hydrogen (secondary N) is 2. The highest BCUT2D eigenvalue weighted by Gasteiger charge is 2.27. The molecule has 2 heterocycles. The van der Waals surface area contributed by atoms with E-state index >= 15 is 0 Å². The maximum absolute atomic E-state index is 13.7. The van der Waals surface area contributed by atoms with Crippen LogP contribution in [0.5, 0.6) is 0 Å². The van der Waals surface area contributed by atoms with Crippen LogP contribution in [0.1, 0.15) is 62.0 Å². The van der Waals surface area contributed by atoms with Gasteiger partial charge in [0.25, 0.3) is 0 Å². The van der Waals surface area contributed by atoms with Gasteiger partial charge in [0.15, 0.2) is 0 Å². The highest BCUT2D eigenvalue weighted by Crippen LogP contribution is 2.37. The molecule has 5 rings (SSSR count). The molecule has 4 aromatic rings. The Hall–Kier alpha value is -3.70. The molecule has 2 N–H and O–H groups in total. The molecule has 2 aromatic heterocycles. The lowest BCUT2D eigenvalue weighted by atomic mass is 10.0. The number of fused-ring (bicyclic) bond motifs is 1. The van der Waals surface area contributed by atoms with Crippen molar-refractivity contribution in [2.24, 2.45) is 5.92 Å². The van der Waals surface area contributed by atoms with Crippen molar-refractivity contribution in [3.05, 3.63) is 76.5 Å². The topological polar surface area (TPSA) is 91.5 Å². The zero-order valence-corrected chi connectivity index (χ0v) is 20.9. The Morgan fingerprint density at radius 1 is 1.22 bits per heavy atom. The standard InChI is InChI=1S/C27H27ClFN7/c1-16(2)9-10-31-25-18(13-30)14-32-27-22(25)11-20(12-23(27)28)33-26(17-3-5-19(29)6-4-17)24-15-36(35-34-24)21-7-8-21/h3-6,11-12,14-16,21,26,33H,7-10H2,1-2H3,(H,31,32). The van der Waals surface area contributed by atoms with E-state index in [-0.39, 0.29) is 11.9 Å². The average molecular weight is 504 g/mol. The monoisotopic (exact) mass is 503 g/mol. The van der Waals surface area contributed by atoms with Crippen LogP contribution in [0.2, 0.25) is 5.02 Å². The maximum atomic E-state index is 13.7. The maximum Gasteiger partial charge on any atom is 0.123 e. The summed E-state index contributed by atoms with van der Waals surface area (Å²) in [5.41, 5.74) is 4.09. The predicted molar refractivity (Wildman–Crippen MR) is 140 cm³/mol. The Morgan fingerprint density at radius 2 is 2.00 bits per heavy atom. The van der Waals surface area contributed by atoms with Crippen LogP contribution in [-0.2, 0) is 0 Å². The Kier molecular flexibility index (Phi) is 6.75. The van der Waals surface area contributed by atoms with Gasteiger partial charge in [-0.25, -0.2) is 9.07 Å². The number of aromatic nitrogens is 4. The van der Waals surface area contributed by atoms with Gasteiger partial charge in [-0.2, -0.15) is 5.26 Å². The summed E-state index contributed by atoms with van der Waals surface area (Å²) in [6.45, 7) is 5.04. The van der Waals surface area contributed by atoms with E-state index in [0.29, 0.717) is 33.7 Å². The van der Waals surface area contributed by atoms with Crippen LogP contribution in [-0.4, -0.2) is 26.5 Å². The van der Waals surface area contributed by atoms with Gasteiger partial charge < -0.3 is 10.6 Å². The van der Waals surface area contributed by atoms with E-state index in [0.717, 1.165) is 48.1 Å². The van der Waals surface area contributed by atoms with Crippen molar-refractivity contribution in [1.82, 2.24) is 20.0 Å². The molecule has 36 heavy (non-hydrogen) atoms. The fourth-order valence-electron chi connectivity index (χ4n) is 4.19. The van der Waals surface area contributed by atoms with Gasteiger partial charge in [-0.1, -0.05) is 42.8 Å². The molecule has 0 radical (unpaired) electrons. The van der Waals surface area contributed by atoms with E-state index < -0.39 is 0 Å². The highest BCUT2D eigenvalue weighted by atomic mass is 35.5. The number of pyridine rings is 1. The van der Waals surface area contributed by atoms with Crippen molar-refractivity contribution in [1.29, 1.82) is 5.26 Å². The number of anilines is 2. The molecule has 0 saturated heterocycles. The van der Waals surface area contributed by atoms with Crippen LogP contribution >= 0.6 is 11.6 Å². The van der Waals surface area contributed by atoms with Crippen LogP contribution in [0.25, 0.3) is 10.9 Å². The largest absolute Gasteiger partial charge is 0.383 e. The van der Waals surface area contributed by atoms with Crippen LogP contribution in [0.4, 0.5) is 15.8 Å². The summed E-state index contributed by atoms with van der Waals surface area (Å²) in [7, 11) is 0. The number of hydrogen-bond donors (Lipinski definition) is 2. The first-order chi connectivity index (χ1) is 17.4. The molecule has 9 heteroatoms. The summed E-state index contributed by atoms with van der Waals surface area (Å²) in [5.74, 6) is 0.220. The number of nitrogens with zero attached hydrogens (tertiary/aromatic N) is 5. The van der Waals surface area contributed by atoms with E-state index in [4.69, 9.17) is 11.6 Å². The van der Waals surface area contributed by atoms with Crippen molar-refractivity contribution in [2.75, 3.05) is 17.2 Å². The Bertz CT molecular complexity index is 1420. The van der Waals surface area contributed by atoms with E-state index in [2.05, 4.69) is 45.8 Å². The van der Waals surface area contributed by atoms with E-state index in [9.17, 15) is 9.65 Å².